The summed E-state index contributed by atoms with van der Waals surface area (Å²) in [4.78, 5) is 11.9. The first-order valence-electron chi connectivity index (χ1n) is 6.55. The van der Waals surface area contributed by atoms with Gasteiger partial charge in [-0.1, -0.05) is 30.3 Å². The van der Waals surface area contributed by atoms with Crippen molar-refractivity contribution in [2.24, 2.45) is 0 Å². The Morgan fingerprint density at radius 3 is 2.63 bits per heavy atom. The number of furan rings is 1. The van der Waals surface area contributed by atoms with E-state index in [0.29, 0.717) is 5.76 Å². The molecule has 2 aromatic rings. The van der Waals surface area contributed by atoms with Gasteiger partial charge in [0.2, 0.25) is 0 Å². The van der Waals surface area contributed by atoms with Crippen molar-refractivity contribution in [3.63, 3.8) is 0 Å². The highest BCUT2D eigenvalue weighted by Crippen LogP contribution is 2.10. The Balaban J connectivity index is 1.83. The van der Waals surface area contributed by atoms with Crippen LogP contribution in [0.5, 0.6) is 0 Å². The predicted octanol–water partition coefficient (Wildman–Crippen LogP) is 3.34. The molecule has 0 bridgehead atoms. The zero-order chi connectivity index (χ0) is 13.7. The van der Waals surface area contributed by atoms with E-state index in [0.717, 1.165) is 18.4 Å². The van der Waals surface area contributed by atoms with Gasteiger partial charge in [0.05, 0.1) is 6.26 Å². The van der Waals surface area contributed by atoms with Gasteiger partial charge in [-0.2, -0.15) is 0 Å². The molecule has 0 unspecified atom stereocenters. The van der Waals surface area contributed by atoms with Crippen molar-refractivity contribution in [2.45, 2.75) is 32.7 Å². The molecule has 0 aliphatic rings. The molecule has 19 heavy (non-hydrogen) atoms. The van der Waals surface area contributed by atoms with Crippen LogP contribution in [0.1, 0.15) is 35.0 Å². The van der Waals surface area contributed by atoms with Crippen LogP contribution in [0.4, 0.5) is 0 Å². The summed E-state index contributed by atoms with van der Waals surface area (Å²) in [5, 5.41) is 2.96. The highest BCUT2D eigenvalue weighted by atomic mass is 16.3. The number of carbonyl (C=O) groups is 1. The van der Waals surface area contributed by atoms with E-state index >= 15 is 0 Å². The monoisotopic (exact) mass is 257 g/mol. The molecule has 1 N–H and O–H groups in total. The van der Waals surface area contributed by atoms with Gasteiger partial charge >= 0.3 is 0 Å². The van der Waals surface area contributed by atoms with E-state index in [4.69, 9.17) is 4.42 Å². The van der Waals surface area contributed by atoms with E-state index < -0.39 is 0 Å². The molecule has 0 fully saturated rings. The molecule has 0 saturated heterocycles. The van der Waals surface area contributed by atoms with Crippen LogP contribution in [0.3, 0.4) is 0 Å². The second-order valence-corrected chi connectivity index (χ2v) is 4.83. The third-order valence-electron chi connectivity index (χ3n) is 3.15. The molecule has 100 valence electrons. The van der Waals surface area contributed by atoms with Crippen LogP contribution in [-0.2, 0) is 6.42 Å². The minimum atomic E-state index is -0.136. The minimum Gasteiger partial charge on any atom is -0.459 e. The zero-order valence-electron chi connectivity index (χ0n) is 11.3. The van der Waals surface area contributed by atoms with E-state index in [1.807, 2.05) is 32.0 Å². The van der Waals surface area contributed by atoms with Crippen LogP contribution in [0.15, 0.2) is 47.1 Å². The molecule has 1 atom stereocenters. The van der Waals surface area contributed by atoms with Crippen LogP contribution < -0.4 is 5.32 Å². The van der Waals surface area contributed by atoms with Gasteiger partial charge in [0, 0.05) is 11.6 Å². The minimum absolute atomic E-state index is 0.122. The predicted molar refractivity (Wildman–Crippen MR) is 75.1 cm³/mol. The fourth-order valence-electron chi connectivity index (χ4n) is 1.99. The van der Waals surface area contributed by atoms with Crippen molar-refractivity contribution < 1.29 is 9.21 Å². The number of amides is 1. The molecule has 3 nitrogen and oxygen atoms in total. The molecular formula is C16H19NO2. The molecule has 2 rings (SSSR count). The third-order valence-corrected chi connectivity index (χ3v) is 3.15. The summed E-state index contributed by atoms with van der Waals surface area (Å²) in [5.41, 5.74) is 2.16. The van der Waals surface area contributed by atoms with Crippen molar-refractivity contribution >= 4 is 5.91 Å². The van der Waals surface area contributed by atoms with Gasteiger partial charge in [-0.25, -0.2) is 0 Å². The zero-order valence-corrected chi connectivity index (χ0v) is 11.3. The van der Waals surface area contributed by atoms with Crippen LogP contribution in [0.2, 0.25) is 0 Å². The first-order chi connectivity index (χ1) is 9.16. The van der Waals surface area contributed by atoms with Crippen molar-refractivity contribution in [1.29, 1.82) is 0 Å². The van der Waals surface area contributed by atoms with Crippen LogP contribution in [0, 0.1) is 6.92 Å². The van der Waals surface area contributed by atoms with E-state index in [2.05, 4.69) is 17.4 Å². The van der Waals surface area contributed by atoms with E-state index in [1.54, 1.807) is 12.3 Å². The summed E-state index contributed by atoms with van der Waals surface area (Å²) in [7, 11) is 0. The number of benzene rings is 1. The molecule has 0 aliphatic heterocycles. The Morgan fingerprint density at radius 1 is 1.26 bits per heavy atom. The molecule has 1 amide bonds. The quantitative estimate of drug-likeness (QED) is 0.892. The van der Waals surface area contributed by atoms with Gasteiger partial charge in [0.25, 0.3) is 5.91 Å². The molecule has 1 heterocycles. The van der Waals surface area contributed by atoms with Crippen molar-refractivity contribution in [1.82, 2.24) is 5.32 Å². The fraction of sp³-hybridized carbons (Fsp3) is 0.312. The van der Waals surface area contributed by atoms with Gasteiger partial charge < -0.3 is 9.73 Å². The number of rotatable bonds is 5. The summed E-state index contributed by atoms with van der Waals surface area (Å²) in [6.45, 7) is 3.88. The molecule has 0 radical (unpaired) electrons. The fourth-order valence-corrected chi connectivity index (χ4v) is 1.99. The molecular weight excluding hydrogens is 238 g/mol. The Hall–Kier alpha value is -2.03. The Kier molecular flexibility index (Phi) is 4.39. The maximum Gasteiger partial charge on any atom is 0.287 e. The molecule has 0 saturated carbocycles. The summed E-state index contributed by atoms with van der Waals surface area (Å²) in [6.07, 6.45) is 3.41. The van der Waals surface area contributed by atoms with Gasteiger partial charge in [0.15, 0.2) is 5.76 Å². The second-order valence-electron chi connectivity index (χ2n) is 4.83. The largest absolute Gasteiger partial charge is 0.459 e. The first kappa shape index (κ1) is 13.4. The number of hydrogen-bond donors (Lipinski definition) is 1. The van der Waals surface area contributed by atoms with Gasteiger partial charge in [0.1, 0.15) is 0 Å². The van der Waals surface area contributed by atoms with E-state index in [1.165, 1.54) is 5.56 Å². The second kappa shape index (κ2) is 6.23. The lowest BCUT2D eigenvalue weighted by Gasteiger charge is -2.13. The molecule has 0 aliphatic carbocycles. The Morgan fingerprint density at radius 2 is 2.00 bits per heavy atom. The average Bonchev–Trinajstić information content (AvgIpc) is 2.84. The lowest BCUT2D eigenvalue weighted by atomic mass is 10.1. The third kappa shape index (κ3) is 3.71. The average molecular weight is 257 g/mol. The van der Waals surface area contributed by atoms with Crippen molar-refractivity contribution in [3.05, 3.63) is 59.5 Å². The Bertz CT molecular complexity index is 531. The number of aryl methyl sites for hydroxylation is 2. The topological polar surface area (TPSA) is 42.2 Å². The SMILES string of the molecule is Cc1ccoc1C(=O)N[C@@H](C)CCc1ccccc1. The summed E-state index contributed by atoms with van der Waals surface area (Å²) in [5.74, 6) is 0.273. The maximum atomic E-state index is 11.9. The highest BCUT2D eigenvalue weighted by Gasteiger charge is 2.14. The van der Waals surface area contributed by atoms with Gasteiger partial charge in [-0.05, 0) is 38.3 Å². The van der Waals surface area contributed by atoms with Crippen molar-refractivity contribution in [2.75, 3.05) is 0 Å². The first-order valence-corrected chi connectivity index (χ1v) is 6.55. The lowest BCUT2D eigenvalue weighted by Crippen LogP contribution is -2.33. The maximum absolute atomic E-state index is 11.9. The van der Waals surface area contributed by atoms with E-state index in [9.17, 15) is 4.79 Å². The molecule has 3 heteroatoms. The standard InChI is InChI=1S/C16H19NO2/c1-12-10-11-19-15(12)16(18)17-13(2)8-9-14-6-4-3-5-7-14/h3-7,10-11,13H,8-9H2,1-2H3,(H,17,18)/t13-/m0/s1. The van der Waals surface area contributed by atoms with Gasteiger partial charge in [-0.3, -0.25) is 4.79 Å². The molecule has 0 spiro atoms. The summed E-state index contributed by atoms with van der Waals surface area (Å²) >= 11 is 0. The van der Waals surface area contributed by atoms with Gasteiger partial charge in [-0.15, -0.1) is 0 Å². The summed E-state index contributed by atoms with van der Waals surface area (Å²) < 4.78 is 5.18. The number of nitrogens with one attached hydrogen (secondary N) is 1. The normalized spacial score (nSPS) is 12.1. The number of hydrogen-bond acceptors (Lipinski definition) is 2. The molecule has 1 aromatic carbocycles. The van der Waals surface area contributed by atoms with Crippen LogP contribution in [-0.4, -0.2) is 11.9 Å². The number of carbonyl (C=O) groups excluding carboxylic acids is 1. The van der Waals surface area contributed by atoms with E-state index in [-0.39, 0.29) is 11.9 Å². The lowest BCUT2D eigenvalue weighted by molar-refractivity contribution is 0.0909. The smallest absolute Gasteiger partial charge is 0.287 e. The van der Waals surface area contributed by atoms with Crippen molar-refractivity contribution in [3.8, 4) is 0 Å². The molecule has 1 aromatic heterocycles. The van der Waals surface area contributed by atoms with Crippen LogP contribution >= 0.6 is 0 Å². The van der Waals surface area contributed by atoms with Crippen LogP contribution in [0.25, 0.3) is 0 Å². The highest BCUT2D eigenvalue weighted by molar-refractivity contribution is 5.92. The Labute approximate surface area is 113 Å². The summed E-state index contributed by atoms with van der Waals surface area (Å²) in [6, 6.07) is 12.2.